The van der Waals surface area contributed by atoms with Gasteiger partial charge in [0.15, 0.2) is 0 Å². The van der Waals surface area contributed by atoms with Crippen LogP contribution in [-0.2, 0) is 4.79 Å². The first-order valence-corrected chi connectivity index (χ1v) is 7.95. The lowest BCUT2D eigenvalue weighted by Crippen LogP contribution is -2.38. The van der Waals surface area contributed by atoms with Gasteiger partial charge in [-0.05, 0) is 43.7 Å². The van der Waals surface area contributed by atoms with Crippen LogP contribution in [0.25, 0.3) is 0 Å². The second-order valence-corrected chi connectivity index (χ2v) is 5.36. The van der Waals surface area contributed by atoms with E-state index >= 15 is 0 Å². The zero-order valence-electron chi connectivity index (χ0n) is 13.8. The maximum atomic E-state index is 12.0. The number of likely N-dealkylation sites (N-methyl/N-ethyl adjacent to an activating group) is 1. The number of anilines is 1. The summed E-state index contributed by atoms with van der Waals surface area (Å²) in [4.78, 5) is 14.1. The Morgan fingerprint density at radius 1 is 1.13 bits per heavy atom. The SMILES string of the molecule is CCN(CC(=O)NCCOc1cccc(C)c1)c1ccccc1. The molecule has 0 spiro atoms. The zero-order chi connectivity index (χ0) is 16.5. The second kappa shape index (κ2) is 8.83. The van der Waals surface area contributed by atoms with Crippen molar-refractivity contribution < 1.29 is 9.53 Å². The highest BCUT2D eigenvalue weighted by molar-refractivity contribution is 5.81. The van der Waals surface area contributed by atoms with Crippen LogP contribution in [0.4, 0.5) is 5.69 Å². The molecule has 0 aliphatic rings. The molecular formula is C19H24N2O2. The van der Waals surface area contributed by atoms with Crippen LogP contribution in [0.1, 0.15) is 12.5 Å². The van der Waals surface area contributed by atoms with E-state index in [1.807, 2.05) is 73.3 Å². The fourth-order valence-electron chi connectivity index (χ4n) is 2.32. The fourth-order valence-corrected chi connectivity index (χ4v) is 2.32. The predicted molar refractivity (Wildman–Crippen MR) is 94.0 cm³/mol. The second-order valence-electron chi connectivity index (χ2n) is 5.36. The number of rotatable bonds is 8. The predicted octanol–water partition coefficient (Wildman–Crippen LogP) is 3.02. The Morgan fingerprint density at radius 2 is 1.91 bits per heavy atom. The van der Waals surface area contributed by atoms with Gasteiger partial charge >= 0.3 is 0 Å². The van der Waals surface area contributed by atoms with E-state index in [-0.39, 0.29) is 5.91 Å². The number of benzene rings is 2. The Hall–Kier alpha value is -2.49. The van der Waals surface area contributed by atoms with Gasteiger partial charge in [-0.1, -0.05) is 30.3 Å². The van der Waals surface area contributed by atoms with E-state index in [0.717, 1.165) is 23.5 Å². The molecule has 0 aliphatic heterocycles. The molecule has 23 heavy (non-hydrogen) atoms. The summed E-state index contributed by atoms with van der Waals surface area (Å²) in [7, 11) is 0. The molecule has 0 aromatic heterocycles. The first-order chi connectivity index (χ1) is 11.2. The molecule has 4 heteroatoms. The quantitative estimate of drug-likeness (QED) is 0.762. The number of nitrogens with zero attached hydrogens (tertiary/aromatic N) is 1. The van der Waals surface area contributed by atoms with Gasteiger partial charge in [0, 0.05) is 12.2 Å². The van der Waals surface area contributed by atoms with E-state index in [1.54, 1.807) is 0 Å². The Bertz CT molecular complexity index is 614. The van der Waals surface area contributed by atoms with Crippen molar-refractivity contribution in [2.75, 3.05) is 31.1 Å². The molecule has 122 valence electrons. The van der Waals surface area contributed by atoms with E-state index in [2.05, 4.69) is 5.32 Å². The lowest BCUT2D eigenvalue weighted by molar-refractivity contribution is -0.119. The van der Waals surface area contributed by atoms with Gasteiger partial charge < -0.3 is 15.0 Å². The molecule has 1 amide bonds. The topological polar surface area (TPSA) is 41.6 Å². The Labute approximate surface area is 138 Å². The molecule has 0 radical (unpaired) electrons. The minimum atomic E-state index is 0.00328. The molecule has 1 N–H and O–H groups in total. The van der Waals surface area contributed by atoms with E-state index in [1.165, 1.54) is 0 Å². The molecule has 4 nitrogen and oxygen atoms in total. The van der Waals surface area contributed by atoms with Gasteiger partial charge in [0.1, 0.15) is 12.4 Å². The van der Waals surface area contributed by atoms with Crippen molar-refractivity contribution in [1.29, 1.82) is 0 Å². The standard InChI is InChI=1S/C19H24N2O2/c1-3-21(17-9-5-4-6-10-17)15-19(22)20-12-13-23-18-11-7-8-16(2)14-18/h4-11,14H,3,12-13,15H2,1-2H3,(H,20,22). The number of nitrogens with one attached hydrogen (secondary N) is 1. The lowest BCUT2D eigenvalue weighted by Gasteiger charge is -2.22. The molecule has 0 atom stereocenters. The van der Waals surface area contributed by atoms with Gasteiger partial charge in [-0.25, -0.2) is 0 Å². The number of amides is 1. The highest BCUT2D eigenvalue weighted by Gasteiger charge is 2.09. The average molecular weight is 312 g/mol. The van der Waals surface area contributed by atoms with Crippen LogP contribution in [0.3, 0.4) is 0 Å². The lowest BCUT2D eigenvalue weighted by atomic mass is 10.2. The molecule has 2 aromatic rings. The van der Waals surface area contributed by atoms with Gasteiger partial charge in [-0.2, -0.15) is 0 Å². The molecule has 2 aromatic carbocycles. The van der Waals surface area contributed by atoms with Crippen molar-refractivity contribution in [2.45, 2.75) is 13.8 Å². The first kappa shape index (κ1) is 16.9. The number of aryl methyl sites for hydroxylation is 1. The molecule has 0 fully saturated rings. The smallest absolute Gasteiger partial charge is 0.239 e. The van der Waals surface area contributed by atoms with Gasteiger partial charge in [-0.3, -0.25) is 4.79 Å². The molecule has 2 rings (SSSR count). The number of carbonyl (C=O) groups excluding carboxylic acids is 1. The zero-order valence-corrected chi connectivity index (χ0v) is 13.8. The summed E-state index contributed by atoms with van der Waals surface area (Å²) in [6, 6.07) is 17.8. The van der Waals surface area contributed by atoms with E-state index in [9.17, 15) is 4.79 Å². The molecule has 0 bridgehead atoms. The van der Waals surface area contributed by atoms with Gasteiger partial charge in [-0.15, -0.1) is 0 Å². The van der Waals surface area contributed by atoms with Crippen LogP contribution >= 0.6 is 0 Å². The number of hydrogen-bond donors (Lipinski definition) is 1. The third-order valence-electron chi connectivity index (χ3n) is 3.52. The summed E-state index contributed by atoms with van der Waals surface area (Å²) in [5, 5.41) is 2.90. The van der Waals surface area contributed by atoms with Crippen molar-refractivity contribution in [1.82, 2.24) is 5.32 Å². The van der Waals surface area contributed by atoms with E-state index in [0.29, 0.717) is 19.7 Å². The van der Waals surface area contributed by atoms with Gasteiger partial charge in [0.2, 0.25) is 5.91 Å². The summed E-state index contributed by atoms with van der Waals surface area (Å²) < 4.78 is 5.62. The van der Waals surface area contributed by atoms with Crippen LogP contribution < -0.4 is 15.0 Å². The Morgan fingerprint density at radius 3 is 2.61 bits per heavy atom. The van der Waals surface area contributed by atoms with Crippen molar-refractivity contribution >= 4 is 11.6 Å². The van der Waals surface area contributed by atoms with Crippen LogP contribution in [-0.4, -0.2) is 32.1 Å². The Kier molecular flexibility index (Phi) is 6.48. The van der Waals surface area contributed by atoms with Crippen LogP contribution in [0.5, 0.6) is 5.75 Å². The number of para-hydroxylation sites is 1. The minimum absolute atomic E-state index is 0.00328. The van der Waals surface area contributed by atoms with Crippen molar-refractivity contribution in [3.8, 4) is 5.75 Å². The normalized spacial score (nSPS) is 10.2. The molecular weight excluding hydrogens is 288 g/mol. The molecule has 0 heterocycles. The van der Waals surface area contributed by atoms with Crippen molar-refractivity contribution in [2.24, 2.45) is 0 Å². The monoisotopic (exact) mass is 312 g/mol. The number of carbonyl (C=O) groups is 1. The highest BCUT2D eigenvalue weighted by atomic mass is 16.5. The Balaban J connectivity index is 1.72. The first-order valence-electron chi connectivity index (χ1n) is 7.95. The fraction of sp³-hybridized carbons (Fsp3) is 0.316. The van der Waals surface area contributed by atoms with Crippen molar-refractivity contribution in [3.63, 3.8) is 0 Å². The summed E-state index contributed by atoms with van der Waals surface area (Å²) in [6.45, 7) is 6.17. The van der Waals surface area contributed by atoms with Gasteiger partial charge in [0.05, 0.1) is 13.1 Å². The number of hydrogen-bond acceptors (Lipinski definition) is 3. The highest BCUT2D eigenvalue weighted by Crippen LogP contribution is 2.12. The average Bonchev–Trinajstić information content (AvgIpc) is 2.57. The summed E-state index contributed by atoms with van der Waals surface area (Å²) >= 11 is 0. The van der Waals surface area contributed by atoms with Gasteiger partial charge in [0.25, 0.3) is 0 Å². The van der Waals surface area contributed by atoms with Crippen LogP contribution in [0, 0.1) is 6.92 Å². The molecule has 0 unspecified atom stereocenters. The minimum Gasteiger partial charge on any atom is -0.492 e. The summed E-state index contributed by atoms with van der Waals surface area (Å²) in [5.74, 6) is 0.835. The maximum Gasteiger partial charge on any atom is 0.239 e. The van der Waals surface area contributed by atoms with E-state index < -0.39 is 0 Å². The van der Waals surface area contributed by atoms with Crippen molar-refractivity contribution in [3.05, 3.63) is 60.2 Å². The molecule has 0 saturated heterocycles. The third kappa shape index (κ3) is 5.66. The van der Waals surface area contributed by atoms with E-state index in [4.69, 9.17) is 4.74 Å². The molecule has 0 saturated carbocycles. The largest absolute Gasteiger partial charge is 0.492 e. The summed E-state index contributed by atoms with van der Waals surface area (Å²) in [6.07, 6.45) is 0. The number of ether oxygens (including phenoxy) is 1. The van der Waals surface area contributed by atoms with Crippen LogP contribution in [0.2, 0.25) is 0 Å². The van der Waals surface area contributed by atoms with Crippen LogP contribution in [0.15, 0.2) is 54.6 Å². The third-order valence-corrected chi connectivity index (χ3v) is 3.52. The molecule has 0 aliphatic carbocycles. The maximum absolute atomic E-state index is 12.0. The summed E-state index contributed by atoms with van der Waals surface area (Å²) in [5.41, 5.74) is 2.22.